The molecule has 1 aliphatic heterocycles. The molecule has 0 saturated carbocycles. The number of carbonyl (C=O) groups is 2. The first kappa shape index (κ1) is 22.5. The zero-order valence-corrected chi connectivity index (χ0v) is 17.9. The minimum atomic E-state index is -0.791. The fourth-order valence-electron chi connectivity index (χ4n) is 3.56. The first-order chi connectivity index (χ1) is 14.9. The summed E-state index contributed by atoms with van der Waals surface area (Å²) in [6, 6.07) is 10.3. The number of rotatable bonds is 8. The normalized spacial score (nSPS) is 17.9. The lowest BCUT2D eigenvalue weighted by atomic mass is 9.94. The van der Waals surface area contributed by atoms with Crippen LogP contribution in [-0.4, -0.2) is 48.6 Å². The van der Waals surface area contributed by atoms with Crippen LogP contribution in [0.4, 0.5) is 4.39 Å². The first-order valence-electron chi connectivity index (χ1n) is 10.2. The van der Waals surface area contributed by atoms with Gasteiger partial charge in [0.2, 0.25) is 0 Å². The van der Waals surface area contributed by atoms with Gasteiger partial charge in [0.25, 0.3) is 11.7 Å². The highest BCUT2D eigenvalue weighted by molar-refractivity contribution is 6.46. The van der Waals surface area contributed by atoms with Crippen molar-refractivity contribution in [2.45, 2.75) is 26.3 Å². The number of ether oxygens (including phenoxy) is 2. The number of Topliss-reactive ketones (excluding diaryl/α,β-unsaturated/α-hetero) is 1. The minimum absolute atomic E-state index is 0.0330. The van der Waals surface area contributed by atoms with E-state index >= 15 is 0 Å². The summed E-state index contributed by atoms with van der Waals surface area (Å²) < 4.78 is 24.4. The van der Waals surface area contributed by atoms with Gasteiger partial charge < -0.3 is 19.5 Å². The lowest BCUT2D eigenvalue weighted by molar-refractivity contribution is -0.140. The third-order valence-electron chi connectivity index (χ3n) is 5.18. The van der Waals surface area contributed by atoms with E-state index in [2.05, 4.69) is 0 Å². The molecule has 1 saturated heterocycles. The molecule has 0 aliphatic carbocycles. The summed E-state index contributed by atoms with van der Waals surface area (Å²) in [5, 5.41) is 11.0. The number of likely N-dealkylation sites (tertiary alicyclic amines) is 1. The van der Waals surface area contributed by atoms with Gasteiger partial charge in [-0.15, -0.1) is 0 Å². The van der Waals surface area contributed by atoms with Crippen LogP contribution in [0.1, 0.15) is 36.1 Å². The molecule has 1 fully saturated rings. The van der Waals surface area contributed by atoms with Crippen molar-refractivity contribution in [3.8, 4) is 5.75 Å². The van der Waals surface area contributed by atoms with Gasteiger partial charge in [-0.25, -0.2) is 4.39 Å². The van der Waals surface area contributed by atoms with Crippen molar-refractivity contribution in [1.29, 1.82) is 0 Å². The van der Waals surface area contributed by atoms with Crippen LogP contribution in [0.25, 0.3) is 5.76 Å². The Morgan fingerprint density at radius 1 is 1.13 bits per heavy atom. The van der Waals surface area contributed by atoms with E-state index in [9.17, 15) is 19.1 Å². The number of aliphatic hydroxyl groups is 1. The first-order valence-corrected chi connectivity index (χ1v) is 10.2. The quantitative estimate of drug-likeness (QED) is 0.392. The Hall–Kier alpha value is -3.19. The van der Waals surface area contributed by atoms with Crippen molar-refractivity contribution in [3.63, 3.8) is 0 Å². The monoisotopic (exact) mass is 427 g/mol. The Kier molecular flexibility index (Phi) is 7.07. The fraction of sp³-hybridized carbons (Fsp3) is 0.333. The SMILES string of the molecule is CCCOc1ccc(C2/C(=C(/O)c3ccc(F)c(C)c3)C(=O)C(=O)N2CCOC)cc1. The van der Waals surface area contributed by atoms with Crippen molar-refractivity contribution < 1.29 is 28.6 Å². The molecule has 7 heteroatoms. The van der Waals surface area contributed by atoms with Gasteiger partial charge in [-0.2, -0.15) is 0 Å². The van der Waals surface area contributed by atoms with Crippen molar-refractivity contribution in [3.05, 3.63) is 70.5 Å². The zero-order chi connectivity index (χ0) is 22.5. The predicted octanol–water partition coefficient (Wildman–Crippen LogP) is 3.99. The molecular weight excluding hydrogens is 401 g/mol. The molecule has 6 nitrogen and oxygen atoms in total. The fourth-order valence-corrected chi connectivity index (χ4v) is 3.56. The van der Waals surface area contributed by atoms with Gasteiger partial charge in [-0.3, -0.25) is 9.59 Å². The molecule has 0 aromatic heterocycles. The van der Waals surface area contributed by atoms with E-state index in [4.69, 9.17) is 9.47 Å². The summed E-state index contributed by atoms with van der Waals surface area (Å²) in [5.41, 5.74) is 1.22. The second kappa shape index (κ2) is 9.75. The van der Waals surface area contributed by atoms with Crippen LogP contribution in [0.15, 0.2) is 48.0 Å². The molecule has 0 spiro atoms. The Morgan fingerprint density at radius 2 is 1.84 bits per heavy atom. The topological polar surface area (TPSA) is 76.1 Å². The van der Waals surface area contributed by atoms with Gasteiger partial charge in [0.05, 0.1) is 24.8 Å². The van der Waals surface area contributed by atoms with Gasteiger partial charge in [0.1, 0.15) is 17.3 Å². The number of methoxy groups -OCH3 is 1. The van der Waals surface area contributed by atoms with Crippen LogP contribution in [0.2, 0.25) is 0 Å². The van der Waals surface area contributed by atoms with E-state index in [1.165, 1.54) is 30.2 Å². The minimum Gasteiger partial charge on any atom is -0.507 e. The van der Waals surface area contributed by atoms with Crippen LogP contribution in [0.5, 0.6) is 5.75 Å². The highest BCUT2D eigenvalue weighted by atomic mass is 19.1. The summed E-state index contributed by atoms with van der Waals surface area (Å²) in [6.07, 6.45) is 0.871. The molecule has 0 radical (unpaired) electrons. The van der Waals surface area contributed by atoms with E-state index in [1.54, 1.807) is 31.2 Å². The maximum Gasteiger partial charge on any atom is 0.295 e. The number of carbonyl (C=O) groups excluding carboxylic acids is 2. The largest absolute Gasteiger partial charge is 0.507 e. The molecule has 164 valence electrons. The number of halogens is 1. The van der Waals surface area contributed by atoms with Gasteiger partial charge in [-0.1, -0.05) is 19.1 Å². The number of benzene rings is 2. The summed E-state index contributed by atoms with van der Waals surface area (Å²) in [4.78, 5) is 27.0. The lowest BCUT2D eigenvalue weighted by Gasteiger charge is -2.25. The summed E-state index contributed by atoms with van der Waals surface area (Å²) in [5.74, 6) is -1.58. The van der Waals surface area contributed by atoms with Gasteiger partial charge in [-0.05, 0) is 54.8 Å². The number of nitrogens with zero attached hydrogens (tertiary/aromatic N) is 1. The molecule has 1 atom stereocenters. The van der Waals surface area contributed by atoms with E-state index in [0.717, 1.165) is 6.42 Å². The molecule has 1 heterocycles. The maximum absolute atomic E-state index is 13.7. The molecule has 1 aliphatic rings. The molecule has 31 heavy (non-hydrogen) atoms. The van der Waals surface area contributed by atoms with E-state index < -0.39 is 23.5 Å². The van der Waals surface area contributed by atoms with Crippen molar-refractivity contribution >= 4 is 17.4 Å². The van der Waals surface area contributed by atoms with E-state index in [0.29, 0.717) is 23.5 Å². The zero-order valence-electron chi connectivity index (χ0n) is 17.9. The van der Waals surface area contributed by atoms with E-state index in [1.807, 2.05) is 6.92 Å². The second-order valence-corrected chi connectivity index (χ2v) is 7.37. The molecular formula is C24H26FNO5. The average molecular weight is 427 g/mol. The number of hydrogen-bond donors (Lipinski definition) is 1. The second-order valence-electron chi connectivity index (χ2n) is 7.37. The summed E-state index contributed by atoms with van der Waals surface area (Å²) >= 11 is 0. The summed E-state index contributed by atoms with van der Waals surface area (Å²) in [7, 11) is 1.51. The van der Waals surface area contributed by atoms with Crippen LogP contribution in [-0.2, 0) is 14.3 Å². The Labute approximate surface area is 180 Å². The Balaban J connectivity index is 2.09. The smallest absolute Gasteiger partial charge is 0.295 e. The maximum atomic E-state index is 13.7. The molecule has 2 aromatic carbocycles. The highest BCUT2D eigenvalue weighted by Crippen LogP contribution is 2.39. The van der Waals surface area contributed by atoms with Crippen molar-refractivity contribution in [2.24, 2.45) is 0 Å². The molecule has 3 rings (SSSR count). The molecule has 1 amide bonds. The predicted molar refractivity (Wildman–Crippen MR) is 114 cm³/mol. The van der Waals surface area contributed by atoms with Crippen LogP contribution >= 0.6 is 0 Å². The average Bonchev–Trinajstić information content (AvgIpc) is 3.02. The van der Waals surface area contributed by atoms with Gasteiger partial charge in [0, 0.05) is 19.2 Å². The molecule has 1 N–H and O–H groups in total. The number of aryl methyl sites for hydroxylation is 1. The lowest BCUT2D eigenvalue weighted by Crippen LogP contribution is -2.32. The van der Waals surface area contributed by atoms with Crippen molar-refractivity contribution in [1.82, 2.24) is 4.90 Å². The molecule has 1 unspecified atom stereocenters. The molecule has 2 aromatic rings. The third kappa shape index (κ3) is 4.61. The van der Waals surface area contributed by atoms with Gasteiger partial charge >= 0.3 is 0 Å². The summed E-state index contributed by atoms with van der Waals surface area (Å²) in [6.45, 7) is 4.57. The highest BCUT2D eigenvalue weighted by Gasteiger charge is 2.45. The van der Waals surface area contributed by atoms with Crippen molar-refractivity contribution in [2.75, 3.05) is 26.9 Å². The Morgan fingerprint density at radius 3 is 2.45 bits per heavy atom. The third-order valence-corrected chi connectivity index (χ3v) is 5.18. The number of hydrogen-bond acceptors (Lipinski definition) is 5. The number of ketones is 1. The van der Waals surface area contributed by atoms with Crippen LogP contribution in [0, 0.1) is 12.7 Å². The molecule has 0 bridgehead atoms. The number of aliphatic hydroxyl groups excluding tert-OH is 1. The van der Waals surface area contributed by atoms with E-state index in [-0.39, 0.29) is 30.0 Å². The van der Waals surface area contributed by atoms with Gasteiger partial charge in [0.15, 0.2) is 0 Å². The Bertz CT molecular complexity index is 1000. The number of amides is 1. The standard InChI is InChI=1S/C24H26FNO5/c1-4-12-31-18-8-5-16(6-9-18)21-20(23(28)24(29)26(21)11-13-30-3)22(27)17-7-10-19(25)15(2)14-17/h5-10,14,21,27H,4,11-13H2,1-3H3/b22-20-. The van der Waals surface area contributed by atoms with Crippen LogP contribution in [0.3, 0.4) is 0 Å². The van der Waals surface area contributed by atoms with Crippen LogP contribution < -0.4 is 4.74 Å².